The van der Waals surface area contributed by atoms with Crippen molar-refractivity contribution in [1.82, 2.24) is 0 Å². The van der Waals surface area contributed by atoms with Gasteiger partial charge in [0, 0.05) is 33.8 Å². The van der Waals surface area contributed by atoms with Crippen molar-refractivity contribution in [2.24, 2.45) is 0 Å². The second-order valence-electron chi connectivity index (χ2n) is 27.8. The molecule has 0 amide bonds. The number of anilines is 6. The number of furan rings is 1. The van der Waals surface area contributed by atoms with Crippen LogP contribution in [0.1, 0.15) is 187 Å². The number of aryl methyl sites for hydroxylation is 1. The molecule has 0 bridgehead atoms. The molecule has 2 aliphatic heterocycles. The zero-order chi connectivity index (χ0) is 50.3. The van der Waals surface area contributed by atoms with Crippen LogP contribution in [0.15, 0.2) is 108 Å². The van der Waals surface area contributed by atoms with Crippen molar-refractivity contribution in [3.05, 3.63) is 148 Å². The van der Waals surface area contributed by atoms with Gasteiger partial charge in [0.15, 0.2) is 0 Å². The van der Waals surface area contributed by atoms with Crippen LogP contribution < -0.4 is 26.4 Å². The summed E-state index contributed by atoms with van der Waals surface area (Å²) >= 11 is 0. The molecule has 3 aliphatic carbocycles. The van der Waals surface area contributed by atoms with Crippen molar-refractivity contribution in [3.8, 4) is 11.1 Å². The number of hydrogen-bond acceptors (Lipinski definition) is 3. The van der Waals surface area contributed by atoms with Crippen molar-refractivity contribution in [2.45, 2.75) is 187 Å². The molecule has 71 heavy (non-hydrogen) atoms. The average Bonchev–Trinajstić information content (AvgIpc) is 3.68. The first kappa shape index (κ1) is 46.6. The zero-order valence-electron chi connectivity index (χ0n) is 45.9. The lowest BCUT2D eigenvalue weighted by atomic mass is 9.35. The number of nitrogens with zero attached hydrogens (tertiary/aromatic N) is 2. The maximum Gasteiger partial charge on any atom is 0.297 e. The van der Waals surface area contributed by atoms with Crippen LogP contribution in [-0.2, 0) is 37.9 Å². The summed E-state index contributed by atoms with van der Waals surface area (Å²) < 4.78 is 7.77. The third kappa shape index (κ3) is 6.88. The van der Waals surface area contributed by atoms with E-state index in [2.05, 4.69) is 224 Å². The van der Waals surface area contributed by atoms with Crippen molar-refractivity contribution in [2.75, 3.05) is 9.80 Å². The van der Waals surface area contributed by atoms with Crippen LogP contribution in [0.25, 0.3) is 22.1 Å². The van der Waals surface area contributed by atoms with Crippen LogP contribution in [0.2, 0.25) is 0 Å². The maximum absolute atomic E-state index is 7.77. The van der Waals surface area contributed by atoms with Crippen LogP contribution in [0, 0.1) is 6.92 Å². The highest BCUT2D eigenvalue weighted by Crippen LogP contribution is 2.55. The predicted octanol–water partition coefficient (Wildman–Crippen LogP) is 16.8. The Hall–Kier alpha value is -5.48. The Bertz CT molecular complexity index is 3380. The van der Waals surface area contributed by atoms with Gasteiger partial charge in [-0.15, -0.1) is 0 Å². The van der Waals surface area contributed by atoms with E-state index in [0.717, 1.165) is 43.3 Å². The van der Waals surface area contributed by atoms with Gasteiger partial charge >= 0.3 is 0 Å². The van der Waals surface area contributed by atoms with E-state index in [0.29, 0.717) is 0 Å². The minimum absolute atomic E-state index is 0.0220. The summed E-state index contributed by atoms with van der Waals surface area (Å²) in [4.78, 5) is 5.31. The van der Waals surface area contributed by atoms with Gasteiger partial charge in [0.25, 0.3) is 6.71 Å². The standard InChI is InChI=1S/C67H77BN2O/c1-40-19-17-18-20-45(40)41-33-55-58-56(34-41)70(44-25-26-47-48(35-44)63(7,8)28-27-62(47,5)6)59-46-36-49-52(67(15,16)32-29-64(49,9)10)39-57(46)71-60(59)68(58)53-37-50-51(66(13,14)31-30-65(50,11)12)38-54(53)69(55)43-23-21-42(22-24-43)61(2,3)4/h17-26,33-39H,27-32H2,1-16H3. The zero-order valence-corrected chi connectivity index (χ0v) is 45.9. The lowest BCUT2D eigenvalue weighted by molar-refractivity contribution is 0.332. The largest absolute Gasteiger partial charge is 0.468 e. The Kier molecular flexibility index (Phi) is 9.73. The molecule has 0 fully saturated rings. The summed E-state index contributed by atoms with van der Waals surface area (Å²) in [6.07, 6.45) is 6.96. The molecule has 3 heterocycles. The molecule has 12 rings (SSSR count). The summed E-state index contributed by atoms with van der Waals surface area (Å²) in [7, 11) is 0. The summed E-state index contributed by atoms with van der Waals surface area (Å²) in [6.45, 7) is 38.7. The molecular formula is C67H77BN2O. The third-order valence-corrected chi connectivity index (χ3v) is 19.1. The van der Waals surface area contributed by atoms with Gasteiger partial charge in [-0.05, 0) is 205 Å². The minimum atomic E-state index is -0.137. The highest BCUT2D eigenvalue weighted by molar-refractivity contribution is 7.00. The Labute approximate surface area is 426 Å². The number of rotatable bonds is 3. The molecular weight excluding hydrogens is 860 g/mol. The van der Waals surface area contributed by atoms with Gasteiger partial charge in [-0.1, -0.05) is 152 Å². The van der Waals surface area contributed by atoms with E-state index in [1.54, 1.807) is 0 Å². The van der Waals surface area contributed by atoms with Gasteiger partial charge in [-0.2, -0.15) is 0 Å². The highest BCUT2D eigenvalue weighted by atomic mass is 16.3. The predicted molar refractivity (Wildman–Crippen MR) is 305 cm³/mol. The minimum Gasteiger partial charge on any atom is -0.468 e. The molecule has 364 valence electrons. The molecule has 0 spiro atoms. The number of benzene rings is 6. The first-order valence-electron chi connectivity index (χ1n) is 27.1. The summed E-state index contributed by atoms with van der Waals surface area (Å²) in [6, 6.07) is 41.4. The van der Waals surface area contributed by atoms with Gasteiger partial charge in [-0.25, -0.2) is 0 Å². The molecule has 6 aromatic carbocycles. The molecule has 4 heteroatoms. The quantitative estimate of drug-likeness (QED) is 0.165. The Morgan fingerprint density at radius 3 is 1.55 bits per heavy atom. The topological polar surface area (TPSA) is 19.6 Å². The molecule has 3 nitrogen and oxygen atoms in total. The fourth-order valence-electron chi connectivity index (χ4n) is 14.0. The van der Waals surface area contributed by atoms with E-state index < -0.39 is 0 Å². The second-order valence-corrected chi connectivity index (χ2v) is 27.8. The molecule has 7 aromatic rings. The number of hydrogen-bond donors (Lipinski definition) is 0. The fourth-order valence-corrected chi connectivity index (χ4v) is 14.0. The summed E-state index contributed by atoms with van der Waals surface area (Å²) in [5.41, 5.74) is 26.2. The second kappa shape index (κ2) is 14.8. The van der Waals surface area contributed by atoms with Gasteiger partial charge in [-0.3, -0.25) is 0 Å². The van der Waals surface area contributed by atoms with E-state index in [1.165, 1.54) is 112 Å². The normalized spacial score (nSPS) is 20.4. The molecule has 1 aromatic heterocycles. The van der Waals surface area contributed by atoms with Crippen LogP contribution >= 0.6 is 0 Å². The van der Waals surface area contributed by atoms with E-state index in [4.69, 9.17) is 4.42 Å². The highest BCUT2D eigenvalue weighted by Gasteiger charge is 2.50. The number of fused-ring (bicyclic) bond motifs is 9. The molecule has 0 radical (unpaired) electrons. The van der Waals surface area contributed by atoms with E-state index in [9.17, 15) is 0 Å². The summed E-state index contributed by atoms with van der Waals surface area (Å²) in [5, 5.41) is 1.22. The molecule has 0 saturated heterocycles. The van der Waals surface area contributed by atoms with Crippen LogP contribution in [-0.4, -0.2) is 6.71 Å². The molecule has 0 unspecified atom stereocenters. The SMILES string of the molecule is Cc1ccccc1-c1cc2c3c(c1)N(c1ccc4c(c1)C(C)(C)CCC4(C)C)c1c(oc4cc5c(cc14)C(C)(C)CCC5(C)C)B3c1cc3c(cc1N2c1ccc(C(C)(C)C)cc1)C(C)(C)CCC3(C)C. The van der Waals surface area contributed by atoms with Crippen LogP contribution in [0.4, 0.5) is 34.1 Å². The lowest BCUT2D eigenvalue weighted by Gasteiger charge is -2.47. The van der Waals surface area contributed by atoms with Crippen molar-refractivity contribution < 1.29 is 4.42 Å². The summed E-state index contributed by atoms with van der Waals surface area (Å²) in [5.74, 6) is 0. The maximum atomic E-state index is 7.77. The smallest absolute Gasteiger partial charge is 0.297 e. The Balaban J connectivity index is 1.25. The van der Waals surface area contributed by atoms with Crippen molar-refractivity contribution >= 4 is 68.4 Å². The van der Waals surface area contributed by atoms with Gasteiger partial charge < -0.3 is 14.2 Å². The van der Waals surface area contributed by atoms with Crippen LogP contribution in [0.5, 0.6) is 0 Å². The van der Waals surface area contributed by atoms with E-state index in [1.807, 2.05) is 0 Å². The average molecular weight is 937 g/mol. The molecule has 0 saturated carbocycles. The van der Waals surface area contributed by atoms with Crippen LogP contribution in [0.3, 0.4) is 0 Å². The molecule has 5 aliphatic rings. The molecule has 0 atom stereocenters. The van der Waals surface area contributed by atoms with Crippen molar-refractivity contribution in [3.63, 3.8) is 0 Å². The van der Waals surface area contributed by atoms with Crippen molar-refractivity contribution in [1.29, 1.82) is 0 Å². The van der Waals surface area contributed by atoms with Gasteiger partial charge in [0.1, 0.15) is 5.58 Å². The first-order chi connectivity index (χ1) is 33.2. The molecule has 0 N–H and O–H groups in total. The fraction of sp³-hybridized carbons (Fsp3) is 0.433. The van der Waals surface area contributed by atoms with E-state index in [-0.39, 0.29) is 44.6 Å². The monoisotopic (exact) mass is 937 g/mol. The Morgan fingerprint density at radius 1 is 0.479 bits per heavy atom. The Morgan fingerprint density at radius 2 is 0.972 bits per heavy atom. The lowest BCUT2D eigenvalue weighted by Crippen LogP contribution is -2.61. The first-order valence-corrected chi connectivity index (χ1v) is 27.1. The van der Waals surface area contributed by atoms with Gasteiger partial charge in [0.05, 0.1) is 11.3 Å². The van der Waals surface area contributed by atoms with Gasteiger partial charge in [0.2, 0.25) is 0 Å². The van der Waals surface area contributed by atoms with E-state index >= 15 is 0 Å². The third-order valence-electron chi connectivity index (χ3n) is 19.1.